The Morgan fingerprint density at radius 1 is 1.17 bits per heavy atom. The molecule has 0 aromatic rings. The van der Waals surface area contributed by atoms with Crippen molar-refractivity contribution in [3.8, 4) is 0 Å². The number of nitrogens with one attached hydrogen (secondary N) is 2. The minimum absolute atomic E-state index is 0.0467. The van der Waals surface area contributed by atoms with Crippen LogP contribution in [-0.4, -0.2) is 18.4 Å². The molecule has 2 unspecified atom stereocenters. The van der Waals surface area contributed by atoms with Gasteiger partial charge in [0.1, 0.15) is 0 Å². The Bertz CT molecular complexity index is 284. The molecule has 2 amide bonds. The fourth-order valence-electron chi connectivity index (χ4n) is 2.83. The van der Waals surface area contributed by atoms with Gasteiger partial charge < -0.3 is 5.32 Å². The molecule has 5 heteroatoms. The third-order valence-corrected chi connectivity index (χ3v) is 4.04. The van der Waals surface area contributed by atoms with Crippen LogP contribution in [0.3, 0.4) is 0 Å². The van der Waals surface area contributed by atoms with E-state index in [4.69, 9.17) is 5.84 Å². The van der Waals surface area contributed by atoms with E-state index in [1.807, 2.05) is 5.43 Å². The average molecular weight is 255 g/mol. The summed E-state index contributed by atoms with van der Waals surface area (Å²) in [7, 11) is 0. The molecule has 5 nitrogen and oxygen atoms in total. The average Bonchev–Trinajstić information content (AvgIpc) is 2.34. The second-order valence-electron chi connectivity index (χ2n) is 5.42. The van der Waals surface area contributed by atoms with Crippen LogP contribution in [0.25, 0.3) is 0 Å². The van der Waals surface area contributed by atoms with E-state index in [0.29, 0.717) is 30.7 Å². The number of hydrogen-bond acceptors (Lipinski definition) is 3. The summed E-state index contributed by atoms with van der Waals surface area (Å²) in [6.07, 6.45) is 4.53. The number of carbonyl (C=O) groups is 2. The summed E-state index contributed by atoms with van der Waals surface area (Å²) in [5, 5.41) is 2.78. The van der Waals surface area contributed by atoms with Gasteiger partial charge in [0.15, 0.2) is 0 Å². The molecule has 1 aliphatic carbocycles. The Morgan fingerprint density at radius 2 is 1.78 bits per heavy atom. The Kier molecular flexibility index (Phi) is 6.12. The maximum absolute atomic E-state index is 11.8. The number of hydrazine groups is 1. The molecule has 104 valence electrons. The third-order valence-electron chi connectivity index (χ3n) is 4.04. The van der Waals surface area contributed by atoms with Gasteiger partial charge in [-0.3, -0.25) is 15.0 Å². The van der Waals surface area contributed by atoms with Gasteiger partial charge in [0.05, 0.1) is 0 Å². The fourth-order valence-corrected chi connectivity index (χ4v) is 2.83. The van der Waals surface area contributed by atoms with E-state index >= 15 is 0 Å². The lowest BCUT2D eigenvalue weighted by Crippen LogP contribution is -2.36. The summed E-state index contributed by atoms with van der Waals surface area (Å²) >= 11 is 0. The highest BCUT2D eigenvalue weighted by atomic mass is 16.2. The number of carbonyl (C=O) groups excluding carboxylic acids is 2. The molecule has 1 saturated carbocycles. The Hall–Kier alpha value is -1.10. The molecule has 0 spiro atoms. The standard InChI is InChI=1S/C13H25N3O2/c1-9-4-3-5-10(2)11(9)8-13(18)15-7-6-12(17)16-14/h9-11H,3-8,14H2,1-2H3,(H,15,18)(H,16,17). The molecule has 0 heterocycles. The number of hydrogen-bond donors (Lipinski definition) is 3. The van der Waals surface area contributed by atoms with Gasteiger partial charge in [0.2, 0.25) is 11.8 Å². The van der Waals surface area contributed by atoms with Crippen LogP contribution >= 0.6 is 0 Å². The van der Waals surface area contributed by atoms with Crippen molar-refractivity contribution in [3.63, 3.8) is 0 Å². The second-order valence-corrected chi connectivity index (χ2v) is 5.42. The van der Waals surface area contributed by atoms with E-state index in [1.54, 1.807) is 0 Å². The first-order valence-corrected chi connectivity index (χ1v) is 6.80. The van der Waals surface area contributed by atoms with Gasteiger partial charge in [-0.1, -0.05) is 33.1 Å². The van der Waals surface area contributed by atoms with Gasteiger partial charge in [-0.25, -0.2) is 5.84 Å². The lowest BCUT2D eigenvalue weighted by atomic mass is 9.72. The molecule has 0 aliphatic heterocycles. The minimum Gasteiger partial charge on any atom is -0.356 e. The summed E-state index contributed by atoms with van der Waals surface area (Å²) in [6, 6.07) is 0. The van der Waals surface area contributed by atoms with E-state index in [9.17, 15) is 9.59 Å². The fraction of sp³-hybridized carbons (Fsp3) is 0.846. The van der Waals surface area contributed by atoms with Crippen LogP contribution in [0, 0.1) is 17.8 Å². The molecule has 0 aromatic carbocycles. The van der Waals surface area contributed by atoms with Crippen LogP contribution in [0.1, 0.15) is 46.0 Å². The molecule has 0 radical (unpaired) electrons. The predicted octanol–water partition coefficient (Wildman–Crippen LogP) is 0.945. The zero-order chi connectivity index (χ0) is 13.5. The number of amides is 2. The first-order chi connectivity index (χ1) is 8.54. The topological polar surface area (TPSA) is 84.2 Å². The van der Waals surface area contributed by atoms with Gasteiger partial charge in [-0.05, 0) is 17.8 Å². The molecule has 2 atom stereocenters. The predicted molar refractivity (Wildman–Crippen MR) is 70.2 cm³/mol. The maximum atomic E-state index is 11.8. The smallest absolute Gasteiger partial charge is 0.235 e. The quantitative estimate of drug-likeness (QED) is 0.388. The van der Waals surface area contributed by atoms with Gasteiger partial charge in [0, 0.05) is 19.4 Å². The van der Waals surface area contributed by atoms with Crippen LogP contribution in [-0.2, 0) is 9.59 Å². The molecule has 0 bridgehead atoms. The normalized spacial score (nSPS) is 27.6. The molecule has 18 heavy (non-hydrogen) atoms. The Morgan fingerprint density at radius 3 is 2.33 bits per heavy atom. The van der Waals surface area contributed by atoms with Crippen LogP contribution < -0.4 is 16.6 Å². The van der Waals surface area contributed by atoms with Crippen molar-refractivity contribution in [2.75, 3.05) is 6.54 Å². The zero-order valence-electron chi connectivity index (χ0n) is 11.4. The highest BCUT2D eigenvalue weighted by Crippen LogP contribution is 2.36. The summed E-state index contributed by atoms with van der Waals surface area (Å²) in [5.74, 6) is 6.46. The van der Waals surface area contributed by atoms with Gasteiger partial charge in [-0.15, -0.1) is 0 Å². The van der Waals surface area contributed by atoms with Crippen LogP contribution in [0.5, 0.6) is 0 Å². The lowest BCUT2D eigenvalue weighted by Gasteiger charge is -2.34. The van der Waals surface area contributed by atoms with E-state index < -0.39 is 0 Å². The van der Waals surface area contributed by atoms with Gasteiger partial charge >= 0.3 is 0 Å². The van der Waals surface area contributed by atoms with E-state index in [1.165, 1.54) is 19.3 Å². The van der Waals surface area contributed by atoms with Gasteiger partial charge in [-0.2, -0.15) is 0 Å². The molecule has 4 N–H and O–H groups in total. The first-order valence-electron chi connectivity index (χ1n) is 6.80. The Labute approximate surface area is 109 Å². The minimum atomic E-state index is -0.255. The van der Waals surface area contributed by atoms with Crippen molar-refractivity contribution in [1.29, 1.82) is 0 Å². The first kappa shape index (κ1) is 15.0. The third kappa shape index (κ3) is 4.64. The van der Waals surface area contributed by atoms with Crippen molar-refractivity contribution in [1.82, 2.24) is 10.7 Å². The lowest BCUT2D eigenvalue weighted by molar-refractivity contribution is -0.123. The largest absolute Gasteiger partial charge is 0.356 e. The van der Waals surface area contributed by atoms with Crippen molar-refractivity contribution in [3.05, 3.63) is 0 Å². The zero-order valence-corrected chi connectivity index (χ0v) is 11.4. The molecular weight excluding hydrogens is 230 g/mol. The van der Waals surface area contributed by atoms with E-state index in [2.05, 4.69) is 19.2 Å². The van der Waals surface area contributed by atoms with Crippen LogP contribution in [0.15, 0.2) is 0 Å². The van der Waals surface area contributed by atoms with Gasteiger partial charge in [0.25, 0.3) is 0 Å². The Balaban J connectivity index is 2.28. The molecule has 0 saturated heterocycles. The van der Waals surface area contributed by atoms with Crippen LogP contribution in [0.4, 0.5) is 0 Å². The van der Waals surface area contributed by atoms with E-state index in [-0.39, 0.29) is 18.2 Å². The number of nitrogens with two attached hydrogens (primary N) is 1. The van der Waals surface area contributed by atoms with Crippen molar-refractivity contribution in [2.45, 2.75) is 46.0 Å². The SMILES string of the molecule is CC1CCCC(C)C1CC(=O)NCCC(=O)NN. The second kappa shape index (κ2) is 7.36. The monoisotopic (exact) mass is 255 g/mol. The van der Waals surface area contributed by atoms with Crippen molar-refractivity contribution in [2.24, 2.45) is 23.6 Å². The summed E-state index contributed by atoms with van der Waals surface area (Å²) in [4.78, 5) is 22.7. The highest BCUT2D eigenvalue weighted by molar-refractivity contribution is 5.78. The highest BCUT2D eigenvalue weighted by Gasteiger charge is 2.29. The summed E-state index contributed by atoms with van der Waals surface area (Å²) in [5.41, 5.74) is 2.04. The molecule has 0 aromatic heterocycles. The van der Waals surface area contributed by atoms with Crippen molar-refractivity contribution < 1.29 is 9.59 Å². The van der Waals surface area contributed by atoms with E-state index in [0.717, 1.165) is 0 Å². The van der Waals surface area contributed by atoms with Crippen LogP contribution in [0.2, 0.25) is 0 Å². The van der Waals surface area contributed by atoms with Crippen molar-refractivity contribution >= 4 is 11.8 Å². The summed E-state index contributed by atoms with van der Waals surface area (Å²) < 4.78 is 0. The molecule has 1 aliphatic rings. The molecule has 1 rings (SSSR count). The maximum Gasteiger partial charge on any atom is 0.235 e. The molecule has 1 fully saturated rings. The summed E-state index contributed by atoms with van der Waals surface area (Å²) in [6.45, 7) is 4.82. The number of rotatable bonds is 5. The molecular formula is C13H25N3O2.